The maximum absolute atomic E-state index is 13.7. The highest BCUT2D eigenvalue weighted by molar-refractivity contribution is 5.90. The number of carboxylic acid groups (broad SMARTS) is 1. The normalized spacial score (nSPS) is 15.2. The van der Waals surface area contributed by atoms with Gasteiger partial charge in [-0.2, -0.15) is 5.26 Å². The van der Waals surface area contributed by atoms with Crippen molar-refractivity contribution in [3.63, 3.8) is 0 Å². The Bertz CT molecular complexity index is 487. The van der Waals surface area contributed by atoms with Gasteiger partial charge in [-0.3, -0.25) is 0 Å². The average molecular weight is 219 g/mol. The minimum absolute atomic E-state index is 0.133. The standard InChI is InChI=1S/C12H10FNO2/c13-11-8(6-14)4-5-9(7-2-1-3-7)10(11)12(15)16/h4-5,7H,1-3H2,(H,15,16). The Hall–Kier alpha value is -1.89. The lowest BCUT2D eigenvalue weighted by atomic mass is 9.78. The van der Waals surface area contributed by atoms with Crippen molar-refractivity contribution in [2.75, 3.05) is 0 Å². The van der Waals surface area contributed by atoms with Gasteiger partial charge < -0.3 is 5.11 Å². The van der Waals surface area contributed by atoms with E-state index in [1.54, 1.807) is 12.1 Å². The minimum Gasteiger partial charge on any atom is -0.478 e. The molecule has 0 radical (unpaired) electrons. The molecule has 1 aromatic rings. The second kappa shape index (κ2) is 3.93. The zero-order valence-electron chi connectivity index (χ0n) is 8.53. The third kappa shape index (κ3) is 1.54. The van der Waals surface area contributed by atoms with Crippen molar-refractivity contribution < 1.29 is 14.3 Å². The first-order valence-electron chi connectivity index (χ1n) is 5.11. The van der Waals surface area contributed by atoms with Crippen LogP contribution in [0.25, 0.3) is 0 Å². The van der Waals surface area contributed by atoms with Gasteiger partial charge >= 0.3 is 5.97 Å². The van der Waals surface area contributed by atoms with Gasteiger partial charge in [0.1, 0.15) is 6.07 Å². The summed E-state index contributed by atoms with van der Waals surface area (Å²) in [5.74, 6) is -2.07. The van der Waals surface area contributed by atoms with Gasteiger partial charge in [0, 0.05) is 0 Å². The topological polar surface area (TPSA) is 61.1 Å². The summed E-state index contributed by atoms with van der Waals surface area (Å²) >= 11 is 0. The predicted octanol–water partition coefficient (Wildman–Crippen LogP) is 2.66. The van der Waals surface area contributed by atoms with Crippen molar-refractivity contribution in [3.05, 3.63) is 34.6 Å². The van der Waals surface area contributed by atoms with E-state index in [-0.39, 0.29) is 17.0 Å². The van der Waals surface area contributed by atoms with Crippen molar-refractivity contribution in [2.24, 2.45) is 0 Å². The van der Waals surface area contributed by atoms with E-state index in [0.717, 1.165) is 19.3 Å². The number of nitrogens with zero attached hydrogens (tertiary/aromatic N) is 1. The highest BCUT2D eigenvalue weighted by atomic mass is 19.1. The maximum Gasteiger partial charge on any atom is 0.339 e. The highest BCUT2D eigenvalue weighted by Gasteiger charge is 2.28. The predicted molar refractivity (Wildman–Crippen MR) is 54.7 cm³/mol. The first-order chi connectivity index (χ1) is 7.65. The number of carboxylic acids is 1. The molecule has 0 saturated heterocycles. The van der Waals surface area contributed by atoms with Gasteiger partial charge in [-0.25, -0.2) is 9.18 Å². The monoisotopic (exact) mass is 219 g/mol. The van der Waals surface area contributed by atoms with Gasteiger partial charge in [0.2, 0.25) is 0 Å². The second-order valence-corrected chi connectivity index (χ2v) is 3.94. The van der Waals surface area contributed by atoms with Gasteiger partial charge in [-0.15, -0.1) is 0 Å². The number of hydrogen-bond acceptors (Lipinski definition) is 2. The molecule has 16 heavy (non-hydrogen) atoms. The van der Waals surface area contributed by atoms with Crippen molar-refractivity contribution in [2.45, 2.75) is 25.2 Å². The van der Waals surface area contributed by atoms with Crippen LogP contribution >= 0.6 is 0 Å². The van der Waals surface area contributed by atoms with Gasteiger partial charge in [-0.05, 0) is 30.4 Å². The quantitative estimate of drug-likeness (QED) is 0.831. The van der Waals surface area contributed by atoms with Crippen LogP contribution in [0.3, 0.4) is 0 Å². The van der Waals surface area contributed by atoms with Crippen molar-refractivity contribution in [1.82, 2.24) is 0 Å². The molecule has 0 atom stereocenters. The van der Waals surface area contributed by atoms with Crippen LogP contribution in [-0.2, 0) is 0 Å². The molecular weight excluding hydrogens is 209 g/mol. The summed E-state index contributed by atoms with van der Waals surface area (Å²) in [6.45, 7) is 0. The van der Waals surface area contributed by atoms with E-state index in [0.29, 0.717) is 5.56 Å². The zero-order valence-corrected chi connectivity index (χ0v) is 8.53. The Morgan fingerprint density at radius 3 is 2.62 bits per heavy atom. The summed E-state index contributed by atoms with van der Waals surface area (Å²) < 4.78 is 13.7. The van der Waals surface area contributed by atoms with E-state index in [2.05, 4.69) is 0 Å². The first-order valence-corrected chi connectivity index (χ1v) is 5.11. The Balaban J connectivity index is 2.57. The van der Waals surface area contributed by atoms with Crippen molar-refractivity contribution in [3.8, 4) is 6.07 Å². The first kappa shape index (κ1) is 10.6. The zero-order chi connectivity index (χ0) is 11.7. The Labute approximate surface area is 92.1 Å². The molecule has 82 valence electrons. The molecule has 1 saturated carbocycles. The number of aromatic carboxylic acids is 1. The lowest BCUT2D eigenvalue weighted by molar-refractivity contribution is 0.0689. The van der Waals surface area contributed by atoms with Gasteiger partial charge in [0.05, 0.1) is 11.1 Å². The summed E-state index contributed by atoms with van der Waals surface area (Å²) in [4.78, 5) is 11.0. The van der Waals surface area contributed by atoms with Crippen LogP contribution < -0.4 is 0 Å². The lowest BCUT2D eigenvalue weighted by Gasteiger charge is -2.27. The molecule has 0 unspecified atom stereocenters. The fourth-order valence-corrected chi connectivity index (χ4v) is 1.95. The highest BCUT2D eigenvalue weighted by Crippen LogP contribution is 2.39. The largest absolute Gasteiger partial charge is 0.478 e. The van der Waals surface area contributed by atoms with Crippen LogP contribution in [0.15, 0.2) is 12.1 Å². The molecule has 0 spiro atoms. The Kier molecular flexibility index (Phi) is 2.61. The summed E-state index contributed by atoms with van der Waals surface area (Å²) in [6, 6.07) is 4.58. The third-order valence-corrected chi connectivity index (χ3v) is 3.05. The molecular formula is C12H10FNO2. The number of benzene rings is 1. The molecule has 1 N–H and O–H groups in total. The molecule has 1 aromatic carbocycles. The van der Waals surface area contributed by atoms with E-state index in [1.165, 1.54) is 6.07 Å². The molecule has 1 fully saturated rings. The van der Waals surface area contributed by atoms with Crippen LogP contribution in [0, 0.1) is 17.1 Å². The molecule has 0 heterocycles. The molecule has 1 aliphatic rings. The van der Waals surface area contributed by atoms with Crippen LogP contribution in [0.1, 0.15) is 46.7 Å². The minimum atomic E-state index is -1.29. The van der Waals surface area contributed by atoms with Crippen molar-refractivity contribution in [1.29, 1.82) is 5.26 Å². The number of halogens is 1. The number of carbonyl (C=O) groups is 1. The second-order valence-electron chi connectivity index (χ2n) is 3.94. The van der Waals surface area contributed by atoms with Gasteiger partial charge in [0.25, 0.3) is 0 Å². The van der Waals surface area contributed by atoms with E-state index in [4.69, 9.17) is 10.4 Å². The third-order valence-electron chi connectivity index (χ3n) is 3.05. The van der Waals surface area contributed by atoms with Crippen LogP contribution in [0.5, 0.6) is 0 Å². The van der Waals surface area contributed by atoms with E-state index in [9.17, 15) is 9.18 Å². The summed E-state index contributed by atoms with van der Waals surface area (Å²) in [6.07, 6.45) is 2.84. The van der Waals surface area contributed by atoms with Crippen molar-refractivity contribution >= 4 is 5.97 Å². The summed E-state index contributed by atoms with van der Waals surface area (Å²) in [5.41, 5.74) is -0.0144. The molecule has 0 aliphatic heterocycles. The van der Waals surface area contributed by atoms with E-state index in [1.807, 2.05) is 0 Å². The van der Waals surface area contributed by atoms with Crippen LogP contribution in [0.4, 0.5) is 4.39 Å². The summed E-state index contributed by atoms with van der Waals surface area (Å²) in [7, 11) is 0. The SMILES string of the molecule is N#Cc1ccc(C2CCC2)c(C(=O)O)c1F. The van der Waals surface area contributed by atoms with E-state index < -0.39 is 11.8 Å². The molecule has 2 rings (SSSR count). The molecule has 1 aliphatic carbocycles. The van der Waals surface area contributed by atoms with Gasteiger partial charge in [0.15, 0.2) is 5.82 Å². The van der Waals surface area contributed by atoms with Crippen LogP contribution in [0.2, 0.25) is 0 Å². The summed E-state index contributed by atoms with van der Waals surface area (Å²) in [5, 5.41) is 17.6. The van der Waals surface area contributed by atoms with E-state index >= 15 is 0 Å². The smallest absolute Gasteiger partial charge is 0.339 e. The molecule has 3 nitrogen and oxygen atoms in total. The lowest BCUT2D eigenvalue weighted by Crippen LogP contribution is -2.16. The average Bonchev–Trinajstić information content (AvgIpc) is 2.14. The fourth-order valence-electron chi connectivity index (χ4n) is 1.95. The Morgan fingerprint density at radius 2 is 2.19 bits per heavy atom. The molecule has 0 bridgehead atoms. The fraction of sp³-hybridized carbons (Fsp3) is 0.333. The van der Waals surface area contributed by atoms with Gasteiger partial charge in [-0.1, -0.05) is 12.5 Å². The Morgan fingerprint density at radius 1 is 1.50 bits per heavy atom. The molecule has 4 heteroatoms. The van der Waals surface area contributed by atoms with Crippen LogP contribution in [-0.4, -0.2) is 11.1 Å². The number of rotatable bonds is 2. The maximum atomic E-state index is 13.7. The number of hydrogen-bond donors (Lipinski definition) is 1. The molecule has 0 aromatic heterocycles. The number of nitriles is 1. The molecule has 0 amide bonds.